The Hall–Kier alpha value is -1.92. The Balaban J connectivity index is 2.49. The molecule has 0 bridgehead atoms. The van der Waals surface area contributed by atoms with Gasteiger partial charge >= 0.3 is 11.9 Å². The van der Waals surface area contributed by atoms with Crippen LogP contribution in [0.25, 0.3) is 0 Å². The van der Waals surface area contributed by atoms with E-state index in [1.165, 1.54) is 0 Å². The molecule has 0 aromatic heterocycles. The SMILES string of the molecule is CC(CC(C)(C)OC(=O)C(=O)Nc1ccccc1)OOC(C)(C)C. The quantitative estimate of drug-likeness (QED) is 0.372. The van der Waals surface area contributed by atoms with Gasteiger partial charge in [0.15, 0.2) is 0 Å². The predicted molar refractivity (Wildman–Crippen MR) is 91.2 cm³/mol. The lowest BCUT2D eigenvalue weighted by atomic mass is 10.0. The smallest absolute Gasteiger partial charge is 0.397 e. The lowest BCUT2D eigenvalue weighted by Crippen LogP contribution is -2.37. The summed E-state index contributed by atoms with van der Waals surface area (Å²) in [6.45, 7) is 10.9. The number of anilines is 1. The first-order valence-corrected chi connectivity index (χ1v) is 7.92. The van der Waals surface area contributed by atoms with Crippen molar-refractivity contribution in [1.29, 1.82) is 0 Å². The van der Waals surface area contributed by atoms with Gasteiger partial charge in [-0.25, -0.2) is 14.6 Å². The predicted octanol–water partition coefficient (Wildman–Crippen LogP) is 3.47. The van der Waals surface area contributed by atoms with Crippen molar-refractivity contribution in [3.8, 4) is 0 Å². The van der Waals surface area contributed by atoms with E-state index in [4.69, 9.17) is 14.5 Å². The summed E-state index contributed by atoms with van der Waals surface area (Å²) in [5.74, 6) is -1.75. The first-order chi connectivity index (χ1) is 11.0. The third-order valence-electron chi connectivity index (χ3n) is 2.83. The third-order valence-corrected chi connectivity index (χ3v) is 2.83. The van der Waals surface area contributed by atoms with Crippen LogP contribution in [0.3, 0.4) is 0 Å². The number of hydrogen-bond donors (Lipinski definition) is 1. The van der Waals surface area contributed by atoms with Crippen molar-refractivity contribution in [3.05, 3.63) is 30.3 Å². The van der Waals surface area contributed by atoms with Crippen LogP contribution in [0.5, 0.6) is 0 Å². The normalized spacial score (nSPS) is 13.2. The molecule has 0 heterocycles. The van der Waals surface area contributed by atoms with Crippen LogP contribution in [0.15, 0.2) is 30.3 Å². The van der Waals surface area contributed by atoms with Crippen molar-refractivity contribution in [2.45, 2.75) is 65.3 Å². The molecule has 0 saturated heterocycles. The maximum atomic E-state index is 12.0. The van der Waals surface area contributed by atoms with Gasteiger partial charge in [0, 0.05) is 12.1 Å². The summed E-state index contributed by atoms with van der Waals surface area (Å²) in [6, 6.07) is 8.72. The Bertz CT molecular complexity index is 548. The van der Waals surface area contributed by atoms with E-state index >= 15 is 0 Å². The van der Waals surface area contributed by atoms with Crippen LogP contribution in [-0.2, 0) is 24.1 Å². The van der Waals surface area contributed by atoms with Gasteiger partial charge in [0.05, 0.1) is 11.7 Å². The van der Waals surface area contributed by atoms with E-state index in [1.54, 1.807) is 38.1 Å². The molecule has 0 aliphatic heterocycles. The molecule has 134 valence electrons. The monoisotopic (exact) mass is 337 g/mol. The fourth-order valence-electron chi connectivity index (χ4n) is 2.00. The summed E-state index contributed by atoms with van der Waals surface area (Å²) in [5.41, 5.74) is -0.760. The maximum Gasteiger partial charge on any atom is 0.397 e. The number of para-hydroxylation sites is 1. The summed E-state index contributed by atoms with van der Waals surface area (Å²) in [5, 5.41) is 2.49. The number of carbonyl (C=O) groups is 2. The van der Waals surface area contributed by atoms with Crippen LogP contribution in [0.2, 0.25) is 0 Å². The molecule has 1 N–H and O–H groups in total. The van der Waals surface area contributed by atoms with Crippen molar-refractivity contribution < 1.29 is 24.1 Å². The summed E-state index contributed by atoms with van der Waals surface area (Å²) in [7, 11) is 0. The number of hydrogen-bond acceptors (Lipinski definition) is 5. The number of ether oxygens (including phenoxy) is 1. The minimum atomic E-state index is -0.937. The number of nitrogens with one attached hydrogen (secondary N) is 1. The number of benzene rings is 1. The van der Waals surface area contributed by atoms with E-state index in [1.807, 2.05) is 33.8 Å². The van der Waals surface area contributed by atoms with Crippen molar-refractivity contribution in [3.63, 3.8) is 0 Å². The van der Waals surface area contributed by atoms with Gasteiger partial charge in [-0.2, -0.15) is 0 Å². The molecule has 0 aliphatic rings. The van der Waals surface area contributed by atoms with Gasteiger partial charge in [-0.1, -0.05) is 18.2 Å². The van der Waals surface area contributed by atoms with Crippen molar-refractivity contribution >= 4 is 17.6 Å². The van der Waals surface area contributed by atoms with E-state index in [0.717, 1.165) is 0 Å². The standard InChI is InChI=1S/C18H27NO5/c1-13(23-24-17(2,3)4)12-18(5,6)22-16(21)15(20)19-14-10-8-7-9-11-14/h7-11,13H,12H2,1-6H3,(H,19,20). The molecule has 1 unspecified atom stereocenters. The van der Waals surface area contributed by atoms with E-state index in [2.05, 4.69) is 5.32 Å². The fraction of sp³-hybridized carbons (Fsp3) is 0.556. The zero-order valence-corrected chi connectivity index (χ0v) is 15.2. The largest absolute Gasteiger partial charge is 0.452 e. The average Bonchev–Trinajstić information content (AvgIpc) is 2.44. The molecule has 6 nitrogen and oxygen atoms in total. The highest BCUT2D eigenvalue weighted by atomic mass is 17.2. The van der Waals surface area contributed by atoms with Gasteiger partial charge in [0.2, 0.25) is 0 Å². The zero-order chi connectivity index (χ0) is 18.4. The Morgan fingerprint density at radius 3 is 2.21 bits per heavy atom. The average molecular weight is 337 g/mol. The molecule has 0 spiro atoms. The van der Waals surface area contributed by atoms with E-state index in [0.29, 0.717) is 12.1 Å². The molecule has 24 heavy (non-hydrogen) atoms. The molecule has 6 heteroatoms. The topological polar surface area (TPSA) is 73.9 Å². The number of carbonyl (C=O) groups excluding carboxylic acids is 2. The summed E-state index contributed by atoms with van der Waals surface area (Å²) in [4.78, 5) is 34.4. The number of amides is 1. The highest BCUT2D eigenvalue weighted by molar-refractivity contribution is 6.37. The Morgan fingerprint density at radius 1 is 1.08 bits per heavy atom. The van der Waals surface area contributed by atoms with Crippen LogP contribution in [-0.4, -0.2) is 29.2 Å². The molecule has 1 amide bonds. The van der Waals surface area contributed by atoms with Crippen LogP contribution in [0.1, 0.15) is 48.0 Å². The highest BCUT2D eigenvalue weighted by Crippen LogP contribution is 2.21. The summed E-state index contributed by atoms with van der Waals surface area (Å²) >= 11 is 0. The van der Waals surface area contributed by atoms with E-state index < -0.39 is 23.1 Å². The molecular formula is C18H27NO5. The second-order valence-corrected chi connectivity index (χ2v) is 7.28. The fourth-order valence-corrected chi connectivity index (χ4v) is 2.00. The molecule has 0 radical (unpaired) electrons. The number of rotatable bonds is 6. The molecule has 0 saturated carbocycles. The van der Waals surface area contributed by atoms with Crippen molar-refractivity contribution in [2.75, 3.05) is 5.32 Å². The van der Waals surface area contributed by atoms with Crippen molar-refractivity contribution in [1.82, 2.24) is 0 Å². The van der Waals surface area contributed by atoms with Crippen LogP contribution >= 0.6 is 0 Å². The highest BCUT2D eigenvalue weighted by Gasteiger charge is 2.30. The lowest BCUT2D eigenvalue weighted by molar-refractivity contribution is -0.373. The minimum Gasteiger partial charge on any atom is -0.452 e. The van der Waals surface area contributed by atoms with Gasteiger partial charge < -0.3 is 10.1 Å². The van der Waals surface area contributed by atoms with E-state index in [9.17, 15) is 9.59 Å². The first kappa shape index (κ1) is 20.1. The summed E-state index contributed by atoms with van der Waals surface area (Å²) in [6.07, 6.45) is 0.0807. The second-order valence-electron chi connectivity index (χ2n) is 7.28. The van der Waals surface area contributed by atoms with E-state index in [-0.39, 0.29) is 6.10 Å². The second kappa shape index (κ2) is 8.26. The molecular weight excluding hydrogens is 310 g/mol. The maximum absolute atomic E-state index is 12.0. The number of esters is 1. The van der Waals surface area contributed by atoms with Gasteiger partial charge in [0.1, 0.15) is 5.60 Å². The lowest BCUT2D eigenvalue weighted by Gasteiger charge is -2.28. The Morgan fingerprint density at radius 2 is 1.67 bits per heavy atom. The minimum absolute atomic E-state index is 0.302. The molecule has 1 atom stereocenters. The van der Waals surface area contributed by atoms with Crippen LogP contribution < -0.4 is 5.32 Å². The van der Waals surface area contributed by atoms with Gasteiger partial charge in [-0.05, 0) is 53.7 Å². The van der Waals surface area contributed by atoms with Crippen molar-refractivity contribution in [2.24, 2.45) is 0 Å². The zero-order valence-electron chi connectivity index (χ0n) is 15.2. The van der Waals surface area contributed by atoms with Gasteiger partial charge in [-0.15, -0.1) is 0 Å². The van der Waals surface area contributed by atoms with Gasteiger partial charge in [-0.3, -0.25) is 4.79 Å². The molecule has 0 aliphatic carbocycles. The van der Waals surface area contributed by atoms with Crippen LogP contribution in [0.4, 0.5) is 5.69 Å². The molecule has 1 rings (SSSR count). The van der Waals surface area contributed by atoms with Crippen LogP contribution in [0, 0.1) is 0 Å². The van der Waals surface area contributed by atoms with Gasteiger partial charge in [0.25, 0.3) is 0 Å². The third kappa shape index (κ3) is 8.08. The first-order valence-electron chi connectivity index (χ1n) is 7.92. The Kier molecular flexibility index (Phi) is 6.93. The molecule has 1 aromatic rings. The summed E-state index contributed by atoms with van der Waals surface area (Å²) < 4.78 is 5.29. The molecule has 0 fully saturated rings. The Labute approximate surface area is 143 Å². The molecule has 1 aromatic carbocycles.